The number of rotatable bonds is 1. The van der Waals surface area contributed by atoms with Crippen LogP contribution in [-0.4, -0.2) is 16.8 Å². The van der Waals surface area contributed by atoms with E-state index in [0.29, 0.717) is 10.6 Å². The number of hydrogen-bond acceptors (Lipinski definition) is 3. The van der Waals surface area contributed by atoms with Gasteiger partial charge in [-0.05, 0) is 17.5 Å². The first-order valence-corrected chi connectivity index (χ1v) is 5.80. The summed E-state index contributed by atoms with van der Waals surface area (Å²) >= 11 is 11.1. The Hall–Kier alpha value is -1.48. The molecule has 1 amide bonds. The highest BCUT2D eigenvalue weighted by Gasteiger charge is 2.30. The smallest absolute Gasteiger partial charge is 0.226 e. The highest BCUT2D eigenvalue weighted by molar-refractivity contribution is 7.80. The van der Waals surface area contributed by atoms with Gasteiger partial charge in [-0.2, -0.15) is 0 Å². The molecule has 3 nitrogen and oxygen atoms in total. The lowest BCUT2D eigenvalue weighted by atomic mass is 9.86. The number of carbonyl (C=O) groups excluding carboxylic acids is 1. The van der Waals surface area contributed by atoms with Crippen LogP contribution in [0.5, 0.6) is 0 Å². The van der Waals surface area contributed by atoms with Crippen LogP contribution >= 0.6 is 23.8 Å². The van der Waals surface area contributed by atoms with E-state index in [1.807, 2.05) is 18.2 Å². The van der Waals surface area contributed by atoms with E-state index >= 15 is 0 Å². The first kappa shape index (κ1) is 12.0. The molecule has 1 aromatic rings. The number of hydrogen-bond donors (Lipinski definition) is 2. The first-order valence-electron chi connectivity index (χ1n) is 5.01. The first-order chi connectivity index (χ1) is 8.13. The average Bonchev–Trinajstić information content (AvgIpc) is 2.28. The highest BCUT2D eigenvalue weighted by atomic mass is 35.5. The van der Waals surface area contributed by atoms with Gasteiger partial charge in [0.15, 0.2) is 0 Å². The Morgan fingerprint density at radius 3 is 2.82 bits per heavy atom. The molecule has 0 aliphatic carbocycles. The van der Waals surface area contributed by atoms with Crippen LogP contribution in [-0.2, 0) is 4.79 Å². The molecule has 0 spiro atoms. The van der Waals surface area contributed by atoms with Gasteiger partial charge < -0.3 is 5.32 Å². The van der Waals surface area contributed by atoms with Crippen LogP contribution in [0.2, 0.25) is 5.02 Å². The largest absolute Gasteiger partial charge is 0.316 e. The quantitative estimate of drug-likeness (QED) is 0.465. The Balaban J connectivity index is 2.49. The van der Waals surface area contributed by atoms with Gasteiger partial charge in [0.1, 0.15) is 4.99 Å². The number of benzene rings is 1. The van der Waals surface area contributed by atoms with Crippen molar-refractivity contribution in [2.45, 2.75) is 12.3 Å². The number of amides is 1. The fourth-order valence-corrected chi connectivity index (χ4v) is 2.43. The Morgan fingerprint density at radius 1 is 1.47 bits per heavy atom. The van der Waals surface area contributed by atoms with E-state index in [0.717, 1.165) is 5.56 Å². The molecule has 1 atom stereocenters. The van der Waals surface area contributed by atoms with E-state index in [4.69, 9.17) is 29.2 Å². The second-order valence-corrected chi connectivity index (χ2v) is 4.51. The molecule has 2 rings (SSSR count). The lowest BCUT2D eigenvalue weighted by Crippen LogP contribution is -2.39. The molecular weight excluding hydrogens is 256 g/mol. The van der Waals surface area contributed by atoms with Crippen molar-refractivity contribution in [1.29, 1.82) is 5.41 Å². The van der Waals surface area contributed by atoms with Crippen LogP contribution in [0.3, 0.4) is 0 Å². The molecule has 0 bridgehead atoms. The third-order valence-corrected chi connectivity index (χ3v) is 3.32. The summed E-state index contributed by atoms with van der Waals surface area (Å²) in [6.45, 7) is 0. The lowest BCUT2D eigenvalue weighted by molar-refractivity contribution is -0.120. The van der Waals surface area contributed by atoms with E-state index in [2.05, 4.69) is 11.2 Å². The highest BCUT2D eigenvalue weighted by Crippen LogP contribution is 2.34. The second-order valence-electron chi connectivity index (χ2n) is 3.69. The van der Waals surface area contributed by atoms with E-state index in [9.17, 15) is 4.79 Å². The molecule has 0 saturated carbocycles. The molecule has 1 aromatic carbocycles. The number of carbonyl (C=O) groups is 1. The van der Waals surface area contributed by atoms with Gasteiger partial charge in [0.2, 0.25) is 5.91 Å². The van der Waals surface area contributed by atoms with Gasteiger partial charge in [0.05, 0.1) is 5.57 Å². The van der Waals surface area contributed by atoms with Gasteiger partial charge in [0.25, 0.3) is 0 Å². The standard InChI is InChI=1S/C12H9ClN2OS/c13-10-4-2-1-3-7(10)8-5-11(16)15-12(17)9(8)6-14/h1-4,8,14H,5H2,(H,15,16,17). The van der Waals surface area contributed by atoms with E-state index in [1.165, 1.54) is 0 Å². The van der Waals surface area contributed by atoms with Crippen molar-refractivity contribution in [3.63, 3.8) is 0 Å². The number of nitrogens with one attached hydrogen (secondary N) is 2. The minimum Gasteiger partial charge on any atom is -0.316 e. The predicted octanol–water partition coefficient (Wildman–Crippen LogP) is 2.45. The van der Waals surface area contributed by atoms with Crippen LogP contribution in [0, 0.1) is 5.41 Å². The van der Waals surface area contributed by atoms with Crippen LogP contribution in [0.25, 0.3) is 0 Å². The zero-order chi connectivity index (χ0) is 12.4. The summed E-state index contributed by atoms with van der Waals surface area (Å²) in [6.07, 6.45) is 0.241. The molecule has 0 aromatic heterocycles. The second kappa shape index (κ2) is 4.80. The molecular formula is C12H9ClN2OS. The van der Waals surface area contributed by atoms with Crippen molar-refractivity contribution in [3.05, 3.63) is 40.4 Å². The summed E-state index contributed by atoms with van der Waals surface area (Å²) in [7, 11) is 0. The topological polar surface area (TPSA) is 53.0 Å². The fourth-order valence-electron chi connectivity index (χ4n) is 1.86. The van der Waals surface area contributed by atoms with Gasteiger partial charge in [-0.1, -0.05) is 42.0 Å². The third kappa shape index (κ3) is 2.29. The number of halogens is 1. The summed E-state index contributed by atoms with van der Waals surface area (Å²) in [5, 5.41) is 10.4. The van der Waals surface area contributed by atoms with Gasteiger partial charge in [0, 0.05) is 17.4 Å². The normalized spacial score (nSPS) is 19.8. The predicted molar refractivity (Wildman–Crippen MR) is 70.8 cm³/mol. The van der Waals surface area contributed by atoms with Gasteiger partial charge in [-0.25, -0.2) is 0 Å². The van der Waals surface area contributed by atoms with Crippen molar-refractivity contribution < 1.29 is 4.79 Å². The van der Waals surface area contributed by atoms with E-state index < -0.39 is 0 Å². The molecule has 1 aliphatic heterocycles. The van der Waals surface area contributed by atoms with Gasteiger partial charge >= 0.3 is 0 Å². The van der Waals surface area contributed by atoms with Crippen LogP contribution in [0.15, 0.2) is 29.8 Å². The summed E-state index contributed by atoms with van der Waals surface area (Å²) < 4.78 is 0. The number of thiocarbonyl (C=S) groups is 1. The van der Waals surface area contributed by atoms with Crippen molar-refractivity contribution in [3.8, 4) is 0 Å². The van der Waals surface area contributed by atoms with Crippen molar-refractivity contribution in [2.24, 2.45) is 0 Å². The van der Waals surface area contributed by atoms with Crippen molar-refractivity contribution in [2.75, 3.05) is 0 Å². The molecule has 2 N–H and O–H groups in total. The molecule has 1 heterocycles. The zero-order valence-corrected chi connectivity index (χ0v) is 10.4. The fraction of sp³-hybridized carbons (Fsp3) is 0.167. The molecule has 17 heavy (non-hydrogen) atoms. The minimum absolute atomic E-state index is 0.154. The number of piperidine rings is 1. The maximum atomic E-state index is 11.5. The molecule has 0 radical (unpaired) electrons. The maximum Gasteiger partial charge on any atom is 0.226 e. The van der Waals surface area contributed by atoms with Gasteiger partial charge in [-0.3, -0.25) is 10.2 Å². The summed E-state index contributed by atoms with van der Waals surface area (Å²) in [6, 6.07) is 7.26. The Morgan fingerprint density at radius 2 is 2.18 bits per heavy atom. The van der Waals surface area contributed by atoms with Gasteiger partial charge in [-0.15, -0.1) is 0 Å². The maximum absolute atomic E-state index is 11.5. The molecule has 5 heteroatoms. The average molecular weight is 265 g/mol. The Kier molecular flexibility index (Phi) is 3.38. The zero-order valence-electron chi connectivity index (χ0n) is 8.79. The van der Waals surface area contributed by atoms with Crippen molar-refractivity contribution >= 4 is 40.6 Å². The van der Waals surface area contributed by atoms with E-state index in [1.54, 1.807) is 6.07 Å². The van der Waals surface area contributed by atoms with Crippen LogP contribution < -0.4 is 5.32 Å². The lowest BCUT2D eigenvalue weighted by Gasteiger charge is -2.25. The summed E-state index contributed by atoms with van der Waals surface area (Å²) in [5.74, 6) is 1.87. The van der Waals surface area contributed by atoms with Crippen LogP contribution in [0.4, 0.5) is 0 Å². The SMILES string of the molecule is N=C=C1C(=S)NC(=O)CC1c1ccccc1Cl. The minimum atomic E-state index is -0.276. The monoisotopic (exact) mass is 264 g/mol. The van der Waals surface area contributed by atoms with E-state index in [-0.39, 0.29) is 23.2 Å². The molecule has 1 fully saturated rings. The Labute approximate surface area is 109 Å². The Bertz CT molecular complexity index is 549. The molecule has 86 valence electrons. The third-order valence-electron chi connectivity index (χ3n) is 2.65. The van der Waals surface area contributed by atoms with Crippen molar-refractivity contribution in [1.82, 2.24) is 5.32 Å². The molecule has 1 aliphatic rings. The summed E-state index contributed by atoms with van der Waals surface area (Å²) in [4.78, 5) is 11.8. The van der Waals surface area contributed by atoms with Crippen LogP contribution in [0.1, 0.15) is 17.9 Å². The molecule has 1 unspecified atom stereocenters. The molecule has 1 saturated heterocycles. The summed E-state index contributed by atoms with van der Waals surface area (Å²) in [5.41, 5.74) is 1.31.